The molecule has 2 aliphatic heterocycles. The number of ether oxygens (including phenoxy) is 2. The molecule has 2 aliphatic rings. The summed E-state index contributed by atoms with van der Waals surface area (Å²) in [6.07, 6.45) is -6.25. The van der Waals surface area contributed by atoms with E-state index in [9.17, 15) is 71.5 Å². The van der Waals surface area contributed by atoms with Crippen molar-refractivity contribution in [2.75, 3.05) is 19.4 Å². The van der Waals surface area contributed by atoms with Crippen LogP contribution in [0.4, 0.5) is 4.39 Å². The van der Waals surface area contributed by atoms with Gasteiger partial charge in [0.2, 0.25) is 0 Å². The Labute approximate surface area is 406 Å². The molecule has 3 heterocycles. The number of benzene rings is 4. The zero-order valence-electron chi connectivity index (χ0n) is 37.6. The Bertz CT molecular complexity index is 3330. The molecule has 372 valence electrons. The van der Waals surface area contributed by atoms with E-state index in [2.05, 4.69) is 15.4 Å². The largest absolute Gasteiger partial charge is 0.489 e. The quantitative estimate of drug-likeness (QED) is 0.0578. The molecule has 0 saturated heterocycles. The maximum absolute atomic E-state index is 14.3. The topological polar surface area (TPSA) is 342 Å². The fourth-order valence-corrected chi connectivity index (χ4v) is 12.9. The van der Waals surface area contributed by atoms with Crippen LogP contribution in [0.2, 0.25) is 0 Å². The number of nitrogens with zero attached hydrogens (tertiary/aromatic N) is 1. The molecule has 4 bridgehead atoms. The number of aryl methyl sites for hydroxylation is 1. The van der Waals surface area contributed by atoms with Crippen molar-refractivity contribution in [3.05, 3.63) is 92.8 Å². The lowest BCUT2D eigenvalue weighted by Gasteiger charge is -2.29. The van der Waals surface area contributed by atoms with E-state index in [1.165, 1.54) is 24.3 Å². The lowest BCUT2D eigenvalue weighted by molar-refractivity contribution is -0.137. The number of carboxylic acids is 4. The number of rotatable bonds is 17. The summed E-state index contributed by atoms with van der Waals surface area (Å²) in [5, 5.41) is 55.3. The average Bonchev–Trinajstić information content (AvgIpc) is 3.65. The standard InChI is InChI=1S/C46H42FN4O17PS2/c1-4-24-29-8-25(26-9-35-32(14-40(56)57)42(30(26)12-38(52)53)44(60)49-17-20(2)66-35)28(27-10-36-33(15-41(58)59)43(31(27)13-39(54)55)45(61)50-18-21(3)67-36)11-37(29)70-46(24)71(64,65)51-19-69(62,63)68-23-6-5-22(16-48)34(47)7-23/h5-11,20-21,51H,4,12-15,17-19H2,1-3H3,(H,49,60)(H,50,61)(H,52,53)(H,54,55)(H,56,57)(H,58,59)(H,62,63). The normalized spacial score (nSPS) is 16.3. The van der Waals surface area contributed by atoms with Gasteiger partial charge in [0.05, 0.1) is 55.5 Å². The van der Waals surface area contributed by atoms with Crippen molar-refractivity contribution in [2.24, 2.45) is 0 Å². The predicted octanol–water partition coefficient (Wildman–Crippen LogP) is 4.84. The van der Waals surface area contributed by atoms with E-state index in [0.29, 0.717) is 17.4 Å². The minimum absolute atomic E-state index is 0.0184. The number of aliphatic carboxylic acids is 4. The summed E-state index contributed by atoms with van der Waals surface area (Å²) in [5.74, 6) is -9.28. The summed E-state index contributed by atoms with van der Waals surface area (Å²) in [6, 6.07) is 9.76. The molecule has 0 spiro atoms. The van der Waals surface area contributed by atoms with Crippen molar-refractivity contribution in [3.8, 4) is 45.6 Å². The number of sulfonamides is 1. The summed E-state index contributed by atoms with van der Waals surface area (Å²) in [5.41, 5.74) is -2.00. The molecule has 5 aromatic rings. The van der Waals surface area contributed by atoms with Crippen LogP contribution >= 0.6 is 18.9 Å². The molecule has 21 nitrogen and oxygen atoms in total. The highest BCUT2D eigenvalue weighted by molar-refractivity contribution is 7.92. The van der Waals surface area contributed by atoms with Crippen molar-refractivity contribution in [3.63, 3.8) is 0 Å². The van der Waals surface area contributed by atoms with Gasteiger partial charge in [0.25, 0.3) is 21.8 Å². The Morgan fingerprint density at radius 2 is 1.27 bits per heavy atom. The van der Waals surface area contributed by atoms with Crippen molar-refractivity contribution >= 4 is 74.7 Å². The number of carbonyl (C=O) groups is 6. The van der Waals surface area contributed by atoms with E-state index < -0.39 is 113 Å². The van der Waals surface area contributed by atoms with Gasteiger partial charge in [-0.3, -0.25) is 28.8 Å². The molecular formula is C46H42FN4O17PS2. The monoisotopic (exact) mass is 1040 g/mol. The minimum atomic E-state index is -4.93. The van der Waals surface area contributed by atoms with Gasteiger partial charge in [-0.25, -0.2) is 17.4 Å². The molecule has 0 radical (unpaired) electrons. The van der Waals surface area contributed by atoms with Gasteiger partial charge in [0.1, 0.15) is 51.8 Å². The van der Waals surface area contributed by atoms with Gasteiger partial charge in [-0.05, 0) is 101 Å². The van der Waals surface area contributed by atoms with Gasteiger partial charge in [0, 0.05) is 21.9 Å². The fourth-order valence-electron chi connectivity index (χ4n) is 8.46. The zero-order chi connectivity index (χ0) is 51.9. The smallest absolute Gasteiger partial charge is 0.391 e. The molecule has 0 saturated carbocycles. The van der Waals surface area contributed by atoms with E-state index in [1.807, 2.05) is 0 Å². The van der Waals surface area contributed by atoms with E-state index in [-0.39, 0.29) is 108 Å². The highest BCUT2D eigenvalue weighted by Crippen LogP contribution is 2.49. The first-order chi connectivity index (χ1) is 33.4. The van der Waals surface area contributed by atoms with Gasteiger partial charge in [-0.1, -0.05) is 6.92 Å². The first-order valence-corrected chi connectivity index (χ1v) is 25.4. The molecular weight excluding hydrogens is 995 g/mol. The van der Waals surface area contributed by atoms with Crippen LogP contribution in [-0.2, 0) is 65.9 Å². The molecule has 0 fully saturated rings. The fraction of sp³-hybridized carbons (Fsp3) is 0.283. The molecule has 0 aliphatic carbocycles. The molecule has 71 heavy (non-hydrogen) atoms. The van der Waals surface area contributed by atoms with Crippen LogP contribution < -0.4 is 29.4 Å². The number of halogens is 1. The highest BCUT2D eigenvalue weighted by atomic mass is 32.2. The van der Waals surface area contributed by atoms with Crippen LogP contribution in [0.25, 0.3) is 32.3 Å². The van der Waals surface area contributed by atoms with Crippen LogP contribution in [0.3, 0.4) is 0 Å². The number of carbonyl (C=O) groups excluding carboxylic acids is 2. The number of amides is 2. The van der Waals surface area contributed by atoms with E-state index in [0.717, 1.165) is 12.1 Å². The molecule has 7 rings (SSSR count). The Morgan fingerprint density at radius 3 is 1.72 bits per heavy atom. The summed E-state index contributed by atoms with van der Waals surface area (Å²) >= 11 is 0.654. The number of fused-ring (bicyclic) bond motifs is 5. The predicted molar refractivity (Wildman–Crippen MR) is 249 cm³/mol. The third-order valence-electron chi connectivity index (χ3n) is 11.4. The maximum Gasteiger partial charge on any atom is 0.391 e. The van der Waals surface area contributed by atoms with Crippen LogP contribution in [-0.4, -0.2) is 101 Å². The summed E-state index contributed by atoms with van der Waals surface area (Å²) in [4.78, 5) is 89.1. The van der Waals surface area contributed by atoms with Crippen LogP contribution in [0, 0.1) is 17.1 Å². The molecule has 3 atom stereocenters. The number of carboxylic acid groups (broad SMARTS) is 4. The van der Waals surface area contributed by atoms with Crippen LogP contribution in [0.1, 0.15) is 74.9 Å². The number of thiophene rings is 1. The Morgan fingerprint density at radius 1 is 0.789 bits per heavy atom. The third-order valence-corrected chi connectivity index (χ3v) is 15.8. The third kappa shape index (κ3) is 10.8. The number of nitriles is 1. The maximum atomic E-state index is 14.3. The van der Waals surface area contributed by atoms with Gasteiger partial charge < -0.3 is 50.0 Å². The minimum Gasteiger partial charge on any atom is -0.489 e. The van der Waals surface area contributed by atoms with Crippen LogP contribution in [0.15, 0.2) is 46.7 Å². The Balaban J connectivity index is 1.56. The van der Waals surface area contributed by atoms with Gasteiger partial charge in [-0.15, -0.1) is 11.3 Å². The molecule has 4 aromatic carbocycles. The van der Waals surface area contributed by atoms with Crippen LogP contribution in [0.5, 0.6) is 17.2 Å². The first-order valence-electron chi connectivity index (χ1n) is 21.4. The Hall–Kier alpha value is -7.42. The molecule has 25 heteroatoms. The molecule has 3 unspecified atom stereocenters. The molecule has 8 N–H and O–H groups in total. The van der Waals surface area contributed by atoms with E-state index in [4.69, 9.17) is 19.3 Å². The highest BCUT2D eigenvalue weighted by Gasteiger charge is 2.36. The summed E-state index contributed by atoms with van der Waals surface area (Å²) < 4.78 is 75.2. The van der Waals surface area contributed by atoms with Crippen molar-refractivity contribution < 1.29 is 85.5 Å². The first kappa shape index (κ1) is 51.4. The zero-order valence-corrected chi connectivity index (χ0v) is 40.1. The Kier molecular flexibility index (Phi) is 14.6. The average molecular weight is 1040 g/mol. The summed E-state index contributed by atoms with van der Waals surface area (Å²) in [7, 11) is -9.71. The lowest BCUT2D eigenvalue weighted by Crippen LogP contribution is -2.37. The molecule has 2 amide bonds. The van der Waals surface area contributed by atoms with Crippen molar-refractivity contribution in [1.82, 2.24) is 15.4 Å². The second-order valence-corrected chi connectivity index (χ2v) is 21.3. The summed E-state index contributed by atoms with van der Waals surface area (Å²) in [6.45, 7) is 4.60. The lowest BCUT2D eigenvalue weighted by atomic mass is 9.81. The number of nitrogens with one attached hydrogen (secondary N) is 3. The SMILES string of the molecule is CCc1c(S(=O)(=O)NCP(=O)(O)Oc2ccc(C#N)c(F)c2)sc2cc(-c3cc4c(CC(=O)O)c(c3CC(=O)O)C(=O)NCC(C)O4)c(-c3cc4c(CC(=O)O)c(c3CC(=O)O)C(=O)NCC(C)O4)cc12. The van der Waals surface area contributed by atoms with Gasteiger partial charge in [0.15, 0.2) is 0 Å². The number of hydrogen-bond acceptors (Lipinski definition) is 14. The van der Waals surface area contributed by atoms with Gasteiger partial charge >= 0.3 is 31.5 Å². The van der Waals surface area contributed by atoms with E-state index in [1.54, 1.807) is 26.8 Å². The van der Waals surface area contributed by atoms with Gasteiger partial charge in [-0.2, -0.15) is 9.98 Å². The molecule has 1 aromatic heterocycles. The second-order valence-electron chi connectivity index (χ2n) is 16.5. The van der Waals surface area contributed by atoms with Crippen molar-refractivity contribution in [2.45, 2.75) is 69.3 Å². The second kappa shape index (κ2) is 20.1. The van der Waals surface area contributed by atoms with Crippen molar-refractivity contribution in [1.29, 1.82) is 5.26 Å². The number of hydrogen-bond donors (Lipinski definition) is 8. The van der Waals surface area contributed by atoms with E-state index >= 15 is 0 Å².